The Kier molecular flexibility index (Phi) is 6.15. The second-order valence-corrected chi connectivity index (χ2v) is 4.41. The number of thiol groups is 1. The summed E-state index contributed by atoms with van der Waals surface area (Å²) in [6, 6.07) is 7.45. The van der Waals surface area contributed by atoms with Crippen LogP contribution in [-0.2, 0) is 4.79 Å². The van der Waals surface area contributed by atoms with E-state index in [0.717, 1.165) is 5.56 Å². The highest BCUT2D eigenvalue weighted by molar-refractivity contribution is 7.80. The number of rotatable bonds is 6. The van der Waals surface area contributed by atoms with Gasteiger partial charge in [-0.05, 0) is 25.1 Å². The average molecular weight is 278 g/mol. The van der Waals surface area contributed by atoms with Gasteiger partial charge in [0, 0.05) is 12.3 Å². The SMILES string of the molecule is C=CC(=N)N(CCS)C(=O)COc1ccc(C)cc1. The largest absolute Gasteiger partial charge is 0.484 e. The minimum Gasteiger partial charge on any atom is -0.484 e. The van der Waals surface area contributed by atoms with Crippen LogP contribution in [0.1, 0.15) is 5.56 Å². The molecule has 0 bridgehead atoms. The lowest BCUT2D eigenvalue weighted by atomic mass is 10.2. The highest BCUT2D eigenvalue weighted by Gasteiger charge is 2.16. The van der Waals surface area contributed by atoms with Gasteiger partial charge in [-0.3, -0.25) is 15.1 Å². The number of nitrogens with one attached hydrogen (secondary N) is 1. The number of amidine groups is 1. The number of aryl methyl sites for hydroxylation is 1. The minimum atomic E-state index is -0.278. The van der Waals surface area contributed by atoms with E-state index in [1.54, 1.807) is 0 Å². The zero-order chi connectivity index (χ0) is 14.3. The van der Waals surface area contributed by atoms with Crippen molar-refractivity contribution < 1.29 is 9.53 Å². The van der Waals surface area contributed by atoms with Crippen molar-refractivity contribution in [3.05, 3.63) is 42.5 Å². The highest BCUT2D eigenvalue weighted by atomic mass is 32.1. The summed E-state index contributed by atoms with van der Waals surface area (Å²) in [5.41, 5.74) is 1.13. The predicted molar refractivity (Wildman–Crippen MR) is 80.2 cm³/mol. The van der Waals surface area contributed by atoms with E-state index >= 15 is 0 Å². The van der Waals surface area contributed by atoms with Crippen LogP contribution in [0.15, 0.2) is 36.9 Å². The first-order valence-corrected chi connectivity index (χ1v) is 6.53. The monoisotopic (exact) mass is 278 g/mol. The van der Waals surface area contributed by atoms with E-state index in [1.807, 2.05) is 31.2 Å². The molecule has 0 aliphatic rings. The maximum Gasteiger partial charge on any atom is 0.266 e. The molecule has 4 nitrogen and oxygen atoms in total. The van der Waals surface area contributed by atoms with Crippen molar-refractivity contribution in [2.24, 2.45) is 0 Å². The van der Waals surface area contributed by atoms with Crippen molar-refractivity contribution in [2.45, 2.75) is 6.92 Å². The number of ether oxygens (including phenoxy) is 1. The molecule has 1 aromatic rings. The normalized spacial score (nSPS) is 9.79. The molecule has 0 atom stereocenters. The van der Waals surface area contributed by atoms with Gasteiger partial charge in [-0.2, -0.15) is 12.6 Å². The van der Waals surface area contributed by atoms with Crippen molar-refractivity contribution in [3.63, 3.8) is 0 Å². The van der Waals surface area contributed by atoms with Gasteiger partial charge in [-0.15, -0.1) is 0 Å². The van der Waals surface area contributed by atoms with Crippen molar-refractivity contribution in [2.75, 3.05) is 18.9 Å². The molecule has 0 radical (unpaired) electrons. The Labute approximate surface area is 119 Å². The van der Waals surface area contributed by atoms with E-state index in [9.17, 15) is 4.79 Å². The van der Waals surface area contributed by atoms with Gasteiger partial charge < -0.3 is 4.74 Å². The smallest absolute Gasteiger partial charge is 0.266 e. The maximum absolute atomic E-state index is 12.0. The molecule has 1 rings (SSSR count). The summed E-state index contributed by atoms with van der Waals surface area (Å²) in [5.74, 6) is 0.896. The van der Waals surface area contributed by atoms with Crippen molar-refractivity contribution >= 4 is 24.4 Å². The molecular formula is C14H18N2O2S. The Morgan fingerprint density at radius 3 is 2.63 bits per heavy atom. The number of benzene rings is 1. The molecule has 0 fully saturated rings. The van der Waals surface area contributed by atoms with Gasteiger partial charge in [0.25, 0.3) is 5.91 Å². The molecule has 19 heavy (non-hydrogen) atoms. The molecule has 102 valence electrons. The van der Waals surface area contributed by atoms with Gasteiger partial charge in [0.15, 0.2) is 6.61 Å². The number of carbonyl (C=O) groups is 1. The number of nitrogens with zero attached hydrogens (tertiary/aromatic N) is 1. The lowest BCUT2D eigenvalue weighted by Gasteiger charge is -2.20. The van der Waals surface area contributed by atoms with Gasteiger partial charge in [0.2, 0.25) is 0 Å². The summed E-state index contributed by atoms with van der Waals surface area (Å²) in [7, 11) is 0. The van der Waals surface area contributed by atoms with Crippen LogP contribution in [0.3, 0.4) is 0 Å². The summed E-state index contributed by atoms with van der Waals surface area (Å²) in [5, 5.41) is 7.64. The zero-order valence-electron chi connectivity index (χ0n) is 10.9. The Bertz CT molecular complexity index is 457. The molecule has 1 amide bonds. The Hall–Kier alpha value is -1.75. The second-order valence-electron chi connectivity index (χ2n) is 3.96. The van der Waals surface area contributed by atoms with E-state index in [1.165, 1.54) is 11.0 Å². The van der Waals surface area contributed by atoms with Crippen LogP contribution in [0.4, 0.5) is 0 Å². The standard InChI is InChI=1S/C14H18N2O2S/c1-3-13(15)16(8-9-19)14(17)10-18-12-6-4-11(2)5-7-12/h3-7,15,19H,1,8-10H2,2H3. The Morgan fingerprint density at radius 2 is 2.11 bits per heavy atom. The third-order valence-electron chi connectivity index (χ3n) is 2.49. The summed E-state index contributed by atoms with van der Waals surface area (Å²) in [6.07, 6.45) is 1.33. The molecule has 0 heterocycles. The molecule has 1 N–H and O–H groups in total. The van der Waals surface area contributed by atoms with Crippen LogP contribution in [-0.4, -0.2) is 35.5 Å². The van der Waals surface area contributed by atoms with Crippen LogP contribution in [0.2, 0.25) is 0 Å². The van der Waals surface area contributed by atoms with Crippen molar-refractivity contribution in [1.82, 2.24) is 4.90 Å². The third-order valence-corrected chi connectivity index (χ3v) is 2.69. The highest BCUT2D eigenvalue weighted by Crippen LogP contribution is 2.11. The van der Waals surface area contributed by atoms with Crippen LogP contribution < -0.4 is 4.74 Å². The van der Waals surface area contributed by atoms with E-state index in [-0.39, 0.29) is 18.3 Å². The topological polar surface area (TPSA) is 53.4 Å². The lowest BCUT2D eigenvalue weighted by Crippen LogP contribution is -2.39. The number of amides is 1. The summed E-state index contributed by atoms with van der Waals surface area (Å²) in [6.45, 7) is 5.73. The molecule has 0 saturated heterocycles. The van der Waals surface area contributed by atoms with Gasteiger partial charge >= 0.3 is 0 Å². The molecule has 0 aliphatic carbocycles. The van der Waals surface area contributed by atoms with Crippen LogP contribution in [0.5, 0.6) is 5.75 Å². The number of carbonyl (C=O) groups excluding carboxylic acids is 1. The fraction of sp³-hybridized carbons (Fsp3) is 0.286. The average Bonchev–Trinajstić information content (AvgIpc) is 2.43. The zero-order valence-corrected chi connectivity index (χ0v) is 11.8. The summed E-state index contributed by atoms with van der Waals surface area (Å²) in [4.78, 5) is 13.3. The van der Waals surface area contributed by atoms with Gasteiger partial charge in [0.05, 0.1) is 0 Å². The van der Waals surface area contributed by atoms with E-state index < -0.39 is 0 Å². The third kappa shape index (κ3) is 4.79. The molecule has 5 heteroatoms. The van der Waals surface area contributed by atoms with Crippen molar-refractivity contribution in [3.8, 4) is 5.75 Å². The van der Waals surface area contributed by atoms with Crippen LogP contribution in [0, 0.1) is 12.3 Å². The van der Waals surface area contributed by atoms with E-state index in [2.05, 4.69) is 19.2 Å². The van der Waals surface area contributed by atoms with E-state index in [0.29, 0.717) is 18.0 Å². The summed E-state index contributed by atoms with van der Waals surface area (Å²) < 4.78 is 5.40. The van der Waals surface area contributed by atoms with Crippen LogP contribution in [0.25, 0.3) is 0 Å². The van der Waals surface area contributed by atoms with Gasteiger partial charge in [-0.25, -0.2) is 0 Å². The fourth-order valence-electron chi connectivity index (χ4n) is 1.45. The van der Waals surface area contributed by atoms with Crippen LogP contribution >= 0.6 is 12.6 Å². The first-order chi connectivity index (χ1) is 9.08. The molecule has 0 unspecified atom stereocenters. The van der Waals surface area contributed by atoms with Gasteiger partial charge in [0.1, 0.15) is 11.6 Å². The number of hydrogen-bond donors (Lipinski definition) is 2. The first-order valence-electron chi connectivity index (χ1n) is 5.90. The predicted octanol–water partition coefficient (Wildman–Crippen LogP) is 2.30. The lowest BCUT2D eigenvalue weighted by molar-refractivity contribution is -0.129. The molecule has 0 spiro atoms. The number of hydrogen-bond acceptors (Lipinski definition) is 4. The fourth-order valence-corrected chi connectivity index (χ4v) is 1.65. The Balaban J connectivity index is 2.59. The van der Waals surface area contributed by atoms with Crippen molar-refractivity contribution in [1.29, 1.82) is 5.41 Å². The van der Waals surface area contributed by atoms with Gasteiger partial charge in [-0.1, -0.05) is 24.3 Å². The summed E-state index contributed by atoms with van der Waals surface area (Å²) >= 11 is 4.07. The molecule has 0 aromatic heterocycles. The quantitative estimate of drug-likeness (QED) is 0.476. The second kappa shape index (κ2) is 7.63. The molecule has 1 aromatic carbocycles. The molecule has 0 aliphatic heterocycles. The molecular weight excluding hydrogens is 260 g/mol. The molecule has 0 saturated carbocycles. The van der Waals surface area contributed by atoms with E-state index in [4.69, 9.17) is 10.1 Å². The maximum atomic E-state index is 12.0. The minimum absolute atomic E-state index is 0.0616. The Morgan fingerprint density at radius 1 is 1.47 bits per heavy atom. The first kappa shape index (κ1) is 15.3.